The smallest absolute Gasteiger partial charge is 0.232 e. The molecule has 3 aliphatic rings. The van der Waals surface area contributed by atoms with E-state index in [1.165, 1.54) is 31.3 Å². The van der Waals surface area contributed by atoms with Crippen molar-refractivity contribution in [1.82, 2.24) is 4.90 Å². The molecule has 0 radical (unpaired) electrons. The van der Waals surface area contributed by atoms with Gasteiger partial charge in [-0.2, -0.15) is 11.8 Å². The fourth-order valence-electron chi connectivity index (χ4n) is 5.81. The molecule has 1 heterocycles. The van der Waals surface area contributed by atoms with Gasteiger partial charge in [0.25, 0.3) is 0 Å². The highest BCUT2D eigenvalue weighted by Gasteiger charge is 2.43. The molecule has 1 saturated carbocycles. The summed E-state index contributed by atoms with van der Waals surface area (Å²) >= 11 is 1.77. The number of carbonyl (C=O) groups excluding carboxylic acids is 1. The summed E-state index contributed by atoms with van der Waals surface area (Å²) in [6, 6.07) is 0. The van der Waals surface area contributed by atoms with Crippen molar-refractivity contribution in [2.45, 2.75) is 90.3 Å². The number of rotatable bonds is 12. The first-order chi connectivity index (χ1) is 15.5. The van der Waals surface area contributed by atoms with Gasteiger partial charge >= 0.3 is 0 Å². The zero-order valence-corrected chi connectivity index (χ0v) is 21.1. The summed E-state index contributed by atoms with van der Waals surface area (Å²) in [6.45, 7) is 6.31. The van der Waals surface area contributed by atoms with Crippen LogP contribution in [-0.2, 0) is 4.79 Å². The van der Waals surface area contributed by atoms with Gasteiger partial charge in [0.15, 0.2) is 0 Å². The van der Waals surface area contributed by atoms with E-state index in [9.17, 15) is 15.0 Å². The van der Waals surface area contributed by atoms with Crippen molar-refractivity contribution >= 4 is 17.7 Å². The second-order valence-corrected chi connectivity index (χ2v) is 11.5. The van der Waals surface area contributed by atoms with Crippen LogP contribution in [-0.4, -0.2) is 57.8 Å². The van der Waals surface area contributed by atoms with Crippen molar-refractivity contribution in [3.8, 4) is 0 Å². The molecule has 0 unspecified atom stereocenters. The quantitative estimate of drug-likeness (QED) is 0.308. The van der Waals surface area contributed by atoms with E-state index in [0.717, 1.165) is 57.4 Å². The minimum absolute atomic E-state index is 0.155. The van der Waals surface area contributed by atoms with Gasteiger partial charge in [0, 0.05) is 19.0 Å². The van der Waals surface area contributed by atoms with Crippen LogP contribution in [0.3, 0.4) is 0 Å². The lowest BCUT2D eigenvalue weighted by Gasteiger charge is -2.26. The number of nitrogens with zero attached hydrogens (tertiary/aromatic N) is 1. The third-order valence-electron chi connectivity index (χ3n) is 7.70. The van der Waals surface area contributed by atoms with Crippen molar-refractivity contribution in [3.63, 3.8) is 0 Å². The molecule has 182 valence electrons. The number of aliphatic hydroxyl groups excluding tert-OH is 2. The Bertz CT molecular complexity index is 643. The molecule has 4 nitrogen and oxygen atoms in total. The number of amides is 1. The largest absolute Gasteiger partial charge is 0.392 e. The van der Waals surface area contributed by atoms with Gasteiger partial charge < -0.3 is 15.1 Å². The Balaban J connectivity index is 1.38. The molecule has 1 saturated heterocycles. The van der Waals surface area contributed by atoms with E-state index in [4.69, 9.17) is 0 Å². The van der Waals surface area contributed by atoms with Crippen LogP contribution in [0.1, 0.15) is 78.1 Å². The van der Waals surface area contributed by atoms with Crippen LogP contribution in [0.25, 0.3) is 0 Å². The van der Waals surface area contributed by atoms with E-state index >= 15 is 0 Å². The van der Waals surface area contributed by atoms with E-state index in [1.54, 1.807) is 11.8 Å². The highest BCUT2D eigenvalue weighted by atomic mass is 32.2. The van der Waals surface area contributed by atoms with E-state index in [-0.39, 0.29) is 12.0 Å². The van der Waals surface area contributed by atoms with Crippen LogP contribution in [0.15, 0.2) is 23.8 Å². The van der Waals surface area contributed by atoms with Crippen LogP contribution >= 0.6 is 11.8 Å². The fraction of sp³-hybridized carbons (Fsp3) is 0.815. The van der Waals surface area contributed by atoms with Crippen LogP contribution in [0, 0.1) is 23.7 Å². The van der Waals surface area contributed by atoms with E-state index < -0.39 is 6.10 Å². The SMILES string of the molecule is CCCC[C@H](C)C[C@H](O)C=C[C@@H]1[C@H]2CC(CCSCC(=O)N3CCCCC3)=C[C@H]2C[C@H]1O. The Morgan fingerprint density at radius 1 is 1.31 bits per heavy atom. The highest BCUT2D eigenvalue weighted by Crippen LogP contribution is 2.48. The zero-order valence-electron chi connectivity index (χ0n) is 20.3. The predicted octanol–water partition coefficient (Wildman–Crippen LogP) is 5.20. The molecular weight excluding hydrogens is 418 g/mol. The lowest BCUT2D eigenvalue weighted by atomic mass is 9.88. The molecule has 2 aliphatic carbocycles. The van der Waals surface area contributed by atoms with Crippen molar-refractivity contribution < 1.29 is 15.0 Å². The van der Waals surface area contributed by atoms with Crippen LogP contribution in [0.5, 0.6) is 0 Å². The molecule has 0 aromatic rings. The fourth-order valence-corrected chi connectivity index (χ4v) is 6.71. The van der Waals surface area contributed by atoms with Gasteiger partial charge in [-0.1, -0.05) is 56.9 Å². The van der Waals surface area contributed by atoms with Crippen LogP contribution in [0.2, 0.25) is 0 Å². The molecule has 1 aliphatic heterocycles. The minimum atomic E-state index is -0.407. The molecule has 0 bridgehead atoms. The maximum absolute atomic E-state index is 12.3. The summed E-state index contributed by atoms with van der Waals surface area (Å²) in [4.78, 5) is 14.3. The normalized spacial score (nSPS) is 29.9. The number of hydrogen-bond donors (Lipinski definition) is 2. The van der Waals surface area contributed by atoms with Gasteiger partial charge in [0.05, 0.1) is 18.0 Å². The van der Waals surface area contributed by atoms with Crippen LogP contribution < -0.4 is 0 Å². The van der Waals surface area contributed by atoms with Crippen molar-refractivity contribution in [2.75, 3.05) is 24.6 Å². The summed E-state index contributed by atoms with van der Waals surface area (Å²) in [5.41, 5.74) is 1.50. The predicted molar refractivity (Wildman–Crippen MR) is 135 cm³/mol. The Morgan fingerprint density at radius 3 is 2.84 bits per heavy atom. The van der Waals surface area contributed by atoms with Crippen molar-refractivity contribution in [2.24, 2.45) is 23.7 Å². The Morgan fingerprint density at radius 2 is 2.09 bits per heavy atom. The third-order valence-corrected chi connectivity index (χ3v) is 8.65. The van der Waals surface area contributed by atoms with Crippen molar-refractivity contribution in [1.29, 1.82) is 0 Å². The molecule has 2 fully saturated rings. The summed E-state index contributed by atoms with van der Waals surface area (Å²) < 4.78 is 0. The number of hydrogen-bond acceptors (Lipinski definition) is 4. The molecule has 0 aromatic carbocycles. The first kappa shape index (κ1) is 25.8. The first-order valence-electron chi connectivity index (χ1n) is 13.1. The van der Waals surface area contributed by atoms with Gasteiger partial charge in [0.1, 0.15) is 0 Å². The number of allylic oxidation sites excluding steroid dienone is 2. The second kappa shape index (κ2) is 13.2. The summed E-state index contributed by atoms with van der Waals surface area (Å²) in [6.07, 6.45) is 16.7. The number of unbranched alkanes of at least 4 members (excludes halogenated alkanes) is 1. The standard InChI is InChI=1S/C27H45NO3S/c1-3-4-8-20(2)15-23(29)9-10-24-25-17-21(16-22(25)18-26(24)30)11-14-32-19-27(31)28-12-6-5-7-13-28/h9-10,16,20,22-26,29-30H,3-8,11-15,17-19H2,1-2H3/t20-,22-,23+,24+,25-,26+/m0/s1. The number of piperidine rings is 1. The molecular formula is C27H45NO3S. The lowest BCUT2D eigenvalue weighted by molar-refractivity contribution is -0.129. The monoisotopic (exact) mass is 463 g/mol. The second-order valence-electron chi connectivity index (χ2n) is 10.4. The van der Waals surface area contributed by atoms with E-state index in [0.29, 0.717) is 29.4 Å². The van der Waals surface area contributed by atoms with Gasteiger partial charge in [0.2, 0.25) is 5.91 Å². The summed E-state index contributed by atoms with van der Waals surface area (Å²) in [5, 5.41) is 21.0. The molecule has 0 spiro atoms. The number of likely N-dealkylation sites (tertiary alicyclic amines) is 1. The number of fused-ring (bicyclic) bond motifs is 1. The third kappa shape index (κ3) is 7.63. The Hall–Kier alpha value is -0.780. The average molecular weight is 464 g/mol. The van der Waals surface area contributed by atoms with Gasteiger partial charge in [-0.05, 0) is 68.5 Å². The molecule has 0 aromatic heterocycles. The van der Waals surface area contributed by atoms with Crippen molar-refractivity contribution in [3.05, 3.63) is 23.8 Å². The zero-order chi connectivity index (χ0) is 22.9. The number of thioether (sulfide) groups is 1. The summed E-state index contributed by atoms with van der Waals surface area (Å²) in [5.74, 6) is 3.55. The molecule has 2 N–H and O–H groups in total. The Labute approximate surface area is 199 Å². The lowest BCUT2D eigenvalue weighted by Crippen LogP contribution is -2.36. The molecule has 6 atom stereocenters. The molecule has 1 amide bonds. The molecule has 32 heavy (non-hydrogen) atoms. The van der Waals surface area contributed by atoms with E-state index in [1.807, 2.05) is 11.0 Å². The maximum Gasteiger partial charge on any atom is 0.232 e. The van der Waals surface area contributed by atoms with Crippen LogP contribution in [0.4, 0.5) is 0 Å². The maximum atomic E-state index is 12.3. The minimum Gasteiger partial charge on any atom is -0.392 e. The highest BCUT2D eigenvalue weighted by molar-refractivity contribution is 7.99. The molecule has 5 heteroatoms. The average Bonchev–Trinajstić information content (AvgIpc) is 3.30. The van der Waals surface area contributed by atoms with E-state index in [2.05, 4.69) is 26.0 Å². The Kier molecular flexibility index (Phi) is 10.7. The molecule has 3 rings (SSSR count). The summed E-state index contributed by atoms with van der Waals surface area (Å²) in [7, 11) is 0. The number of aliphatic hydroxyl groups is 2. The van der Waals surface area contributed by atoms with Gasteiger partial charge in [-0.3, -0.25) is 4.79 Å². The first-order valence-corrected chi connectivity index (χ1v) is 14.2. The topological polar surface area (TPSA) is 60.8 Å². The van der Waals surface area contributed by atoms with Gasteiger partial charge in [-0.15, -0.1) is 0 Å². The number of carbonyl (C=O) groups is 1. The van der Waals surface area contributed by atoms with Gasteiger partial charge in [-0.25, -0.2) is 0 Å².